The Balaban J connectivity index is 1.73. The van der Waals surface area contributed by atoms with Gasteiger partial charge >= 0.3 is 0 Å². The summed E-state index contributed by atoms with van der Waals surface area (Å²) in [5.41, 5.74) is 0.484. The highest BCUT2D eigenvalue weighted by molar-refractivity contribution is 4.93. The van der Waals surface area contributed by atoms with E-state index >= 15 is 0 Å². The molecule has 0 radical (unpaired) electrons. The van der Waals surface area contributed by atoms with Crippen molar-refractivity contribution in [2.24, 2.45) is 0 Å². The van der Waals surface area contributed by atoms with Gasteiger partial charge in [0, 0.05) is 18.1 Å². The second-order valence-electron chi connectivity index (χ2n) is 5.43. The number of hydrogen-bond acceptors (Lipinski definition) is 2. The summed E-state index contributed by atoms with van der Waals surface area (Å²) in [4.78, 5) is 2.53. The molecule has 1 unspecified atom stereocenters. The molecule has 0 aromatic rings. The van der Waals surface area contributed by atoms with E-state index < -0.39 is 0 Å². The van der Waals surface area contributed by atoms with Crippen LogP contribution in [0.1, 0.15) is 45.4 Å². The van der Waals surface area contributed by atoms with Crippen LogP contribution in [0.15, 0.2) is 0 Å². The van der Waals surface area contributed by atoms with Crippen LogP contribution in [0.2, 0.25) is 0 Å². The molecule has 2 aliphatic rings. The van der Waals surface area contributed by atoms with Crippen LogP contribution < -0.4 is 5.32 Å². The van der Waals surface area contributed by atoms with Crippen molar-refractivity contribution >= 4 is 0 Å². The highest BCUT2D eigenvalue weighted by atomic mass is 15.2. The molecular weight excluding hydrogens is 172 g/mol. The number of rotatable bonds is 3. The van der Waals surface area contributed by atoms with Crippen molar-refractivity contribution in [1.82, 2.24) is 10.2 Å². The lowest BCUT2D eigenvalue weighted by atomic mass is 9.78. The molecule has 2 nitrogen and oxygen atoms in total. The average Bonchev–Trinajstić information content (AvgIpc) is 2.14. The summed E-state index contributed by atoms with van der Waals surface area (Å²) in [6.45, 7) is 4.87. The van der Waals surface area contributed by atoms with Crippen molar-refractivity contribution in [1.29, 1.82) is 0 Å². The minimum atomic E-state index is 0.484. The molecule has 2 rings (SSSR count). The van der Waals surface area contributed by atoms with Crippen LogP contribution in [0.3, 0.4) is 0 Å². The van der Waals surface area contributed by atoms with Crippen LogP contribution >= 0.6 is 0 Å². The number of piperidine rings is 1. The van der Waals surface area contributed by atoms with Gasteiger partial charge in [-0.15, -0.1) is 0 Å². The summed E-state index contributed by atoms with van der Waals surface area (Å²) in [6, 6.07) is 0.793. The van der Waals surface area contributed by atoms with Crippen molar-refractivity contribution in [3.8, 4) is 0 Å². The van der Waals surface area contributed by atoms with Crippen LogP contribution in [0.5, 0.6) is 0 Å². The maximum absolute atomic E-state index is 3.75. The third-order valence-corrected chi connectivity index (χ3v) is 4.14. The lowest BCUT2D eigenvalue weighted by Gasteiger charge is -2.42. The van der Waals surface area contributed by atoms with Gasteiger partial charge in [0.05, 0.1) is 0 Å². The maximum atomic E-state index is 3.75. The minimum absolute atomic E-state index is 0.484. The molecule has 0 bridgehead atoms. The fourth-order valence-corrected chi connectivity index (χ4v) is 2.65. The van der Waals surface area contributed by atoms with E-state index in [2.05, 4.69) is 24.2 Å². The number of nitrogens with one attached hydrogen (secondary N) is 1. The Labute approximate surface area is 88.1 Å². The van der Waals surface area contributed by atoms with Gasteiger partial charge in [0.15, 0.2) is 0 Å². The van der Waals surface area contributed by atoms with Gasteiger partial charge in [-0.3, -0.25) is 0 Å². The standard InChI is InChI=1S/C12H24N2/c1-12(7-5-8-12)13-10-11-6-3-4-9-14(11)2/h11,13H,3-10H2,1-2H3. The Hall–Kier alpha value is -0.0800. The molecular formula is C12H24N2. The SMILES string of the molecule is CN1CCCCC1CNC1(C)CCC1. The smallest absolute Gasteiger partial charge is 0.0217 e. The molecule has 0 aromatic carbocycles. The van der Waals surface area contributed by atoms with Crippen LogP contribution in [-0.2, 0) is 0 Å². The van der Waals surface area contributed by atoms with E-state index in [9.17, 15) is 0 Å². The molecule has 1 saturated heterocycles. The van der Waals surface area contributed by atoms with E-state index in [-0.39, 0.29) is 0 Å². The second kappa shape index (κ2) is 4.19. The van der Waals surface area contributed by atoms with Crippen LogP contribution in [-0.4, -0.2) is 36.6 Å². The molecule has 14 heavy (non-hydrogen) atoms. The van der Waals surface area contributed by atoms with Crippen molar-refractivity contribution in [2.45, 2.75) is 57.0 Å². The highest BCUT2D eigenvalue weighted by Gasteiger charge is 2.32. The first-order chi connectivity index (χ1) is 6.70. The van der Waals surface area contributed by atoms with E-state index in [1.165, 1.54) is 51.6 Å². The summed E-state index contributed by atoms with van der Waals surface area (Å²) in [5, 5.41) is 3.75. The monoisotopic (exact) mass is 196 g/mol. The van der Waals surface area contributed by atoms with Crippen molar-refractivity contribution in [3.05, 3.63) is 0 Å². The van der Waals surface area contributed by atoms with E-state index in [1.807, 2.05) is 0 Å². The third-order valence-electron chi connectivity index (χ3n) is 4.14. The number of likely N-dealkylation sites (N-methyl/N-ethyl adjacent to an activating group) is 1. The molecule has 1 aliphatic heterocycles. The predicted octanol–water partition coefficient (Wildman–Crippen LogP) is 2.00. The molecule has 2 fully saturated rings. The summed E-state index contributed by atoms with van der Waals surface area (Å²) in [6.07, 6.45) is 8.38. The fraction of sp³-hybridized carbons (Fsp3) is 1.00. The normalized spacial score (nSPS) is 32.6. The Bertz CT molecular complexity index is 187. The van der Waals surface area contributed by atoms with E-state index in [0.29, 0.717) is 5.54 Å². The molecule has 0 aromatic heterocycles. The largest absolute Gasteiger partial charge is 0.310 e. The zero-order valence-corrected chi connectivity index (χ0v) is 9.68. The number of nitrogens with zero attached hydrogens (tertiary/aromatic N) is 1. The van der Waals surface area contributed by atoms with Crippen molar-refractivity contribution in [2.75, 3.05) is 20.1 Å². The molecule has 1 atom stereocenters. The van der Waals surface area contributed by atoms with Gasteiger partial charge < -0.3 is 10.2 Å². The maximum Gasteiger partial charge on any atom is 0.0217 e. The van der Waals surface area contributed by atoms with Gasteiger partial charge in [0.1, 0.15) is 0 Å². The van der Waals surface area contributed by atoms with Crippen LogP contribution in [0.25, 0.3) is 0 Å². The molecule has 1 aliphatic carbocycles. The Morgan fingerprint density at radius 2 is 2.07 bits per heavy atom. The first kappa shape index (κ1) is 10.4. The molecule has 0 amide bonds. The van der Waals surface area contributed by atoms with Crippen molar-refractivity contribution in [3.63, 3.8) is 0 Å². The lowest BCUT2D eigenvalue weighted by Crippen LogP contribution is -2.53. The molecule has 2 heteroatoms. The zero-order valence-electron chi connectivity index (χ0n) is 9.68. The third kappa shape index (κ3) is 2.29. The van der Waals surface area contributed by atoms with Gasteiger partial charge in [0.25, 0.3) is 0 Å². The first-order valence-electron chi connectivity index (χ1n) is 6.15. The lowest BCUT2D eigenvalue weighted by molar-refractivity contribution is 0.143. The Kier molecular flexibility index (Phi) is 3.13. The van der Waals surface area contributed by atoms with Gasteiger partial charge in [-0.2, -0.15) is 0 Å². The quantitative estimate of drug-likeness (QED) is 0.743. The van der Waals surface area contributed by atoms with E-state index in [0.717, 1.165) is 6.04 Å². The molecule has 1 N–H and O–H groups in total. The van der Waals surface area contributed by atoms with Crippen LogP contribution in [0, 0.1) is 0 Å². The highest BCUT2D eigenvalue weighted by Crippen LogP contribution is 2.31. The summed E-state index contributed by atoms with van der Waals surface area (Å²) >= 11 is 0. The second-order valence-corrected chi connectivity index (χ2v) is 5.43. The molecule has 0 spiro atoms. The zero-order chi connectivity index (χ0) is 10.0. The molecule has 1 saturated carbocycles. The average molecular weight is 196 g/mol. The Morgan fingerprint density at radius 3 is 2.64 bits per heavy atom. The minimum Gasteiger partial charge on any atom is -0.310 e. The summed E-state index contributed by atoms with van der Waals surface area (Å²) in [5.74, 6) is 0. The van der Waals surface area contributed by atoms with Gasteiger partial charge in [-0.1, -0.05) is 6.42 Å². The Morgan fingerprint density at radius 1 is 1.29 bits per heavy atom. The molecule has 1 heterocycles. The van der Waals surface area contributed by atoms with Gasteiger partial charge in [-0.25, -0.2) is 0 Å². The number of hydrogen-bond donors (Lipinski definition) is 1. The fourth-order valence-electron chi connectivity index (χ4n) is 2.65. The predicted molar refractivity (Wildman–Crippen MR) is 60.5 cm³/mol. The number of likely N-dealkylation sites (tertiary alicyclic amines) is 1. The van der Waals surface area contributed by atoms with Crippen molar-refractivity contribution < 1.29 is 0 Å². The summed E-state index contributed by atoms with van der Waals surface area (Å²) in [7, 11) is 2.27. The topological polar surface area (TPSA) is 15.3 Å². The van der Waals surface area contributed by atoms with Gasteiger partial charge in [0.2, 0.25) is 0 Å². The van der Waals surface area contributed by atoms with E-state index in [4.69, 9.17) is 0 Å². The first-order valence-corrected chi connectivity index (χ1v) is 6.15. The molecule has 82 valence electrons. The van der Waals surface area contributed by atoms with Crippen LogP contribution in [0.4, 0.5) is 0 Å². The van der Waals surface area contributed by atoms with Gasteiger partial charge in [-0.05, 0) is 52.6 Å². The van der Waals surface area contributed by atoms with E-state index in [1.54, 1.807) is 0 Å². The summed E-state index contributed by atoms with van der Waals surface area (Å²) < 4.78 is 0.